The van der Waals surface area contributed by atoms with Gasteiger partial charge in [-0.05, 0) is 41.8 Å². The summed E-state index contributed by atoms with van der Waals surface area (Å²) in [6.07, 6.45) is 1.39. The van der Waals surface area contributed by atoms with E-state index in [9.17, 15) is 17.2 Å². The van der Waals surface area contributed by atoms with E-state index in [0.717, 1.165) is 29.6 Å². The summed E-state index contributed by atoms with van der Waals surface area (Å²) in [6.45, 7) is 2.04. The third-order valence-corrected chi connectivity index (χ3v) is 5.59. The van der Waals surface area contributed by atoms with Gasteiger partial charge in [0.15, 0.2) is 9.84 Å². The molecule has 0 atom stereocenters. The molecule has 1 aromatic heterocycles. The highest BCUT2D eigenvalue weighted by molar-refractivity contribution is 7.90. The van der Waals surface area contributed by atoms with E-state index in [1.165, 1.54) is 0 Å². The van der Waals surface area contributed by atoms with Gasteiger partial charge in [0.1, 0.15) is 22.3 Å². The lowest BCUT2D eigenvalue weighted by Crippen LogP contribution is -2.07. The van der Waals surface area contributed by atoms with Gasteiger partial charge in [-0.15, -0.1) is 0 Å². The zero-order valence-electron chi connectivity index (χ0n) is 16.4. The zero-order chi connectivity index (χ0) is 22.1. The van der Waals surface area contributed by atoms with Crippen LogP contribution in [0.25, 0.3) is 11.1 Å². The van der Waals surface area contributed by atoms with Crippen molar-refractivity contribution in [2.24, 2.45) is 0 Å². The molecule has 7 nitrogen and oxygen atoms in total. The Labute approximate surface area is 173 Å². The van der Waals surface area contributed by atoms with Gasteiger partial charge in [0.25, 0.3) is 0 Å². The third kappa shape index (κ3) is 4.48. The van der Waals surface area contributed by atoms with Crippen molar-refractivity contribution in [3.8, 4) is 11.1 Å². The Balaban J connectivity index is 1.80. The minimum absolute atomic E-state index is 0.102. The smallest absolute Gasteiger partial charge is 0.222 e. The second-order valence-corrected chi connectivity index (χ2v) is 8.69. The molecule has 0 unspecified atom stereocenters. The van der Waals surface area contributed by atoms with Crippen LogP contribution in [0, 0.1) is 11.6 Å². The molecule has 0 aliphatic heterocycles. The van der Waals surface area contributed by atoms with Crippen LogP contribution in [0.4, 0.5) is 26.2 Å². The molecule has 0 radical (unpaired) electrons. The number of nitrogens with zero attached hydrogens (tertiary/aromatic N) is 2. The minimum Gasteiger partial charge on any atom is -0.383 e. The van der Waals surface area contributed by atoms with Gasteiger partial charge in [-0.25, -0.2) is 22.2 Å². The SMILES string of the molecule is CCc1nc(N)nc(N)c1-c1ccc(NCc2cc(F)c(S(C)(=O)=O)c(F)c2)cc1. The van der Waals surface area contributed by atoms with Crippen molar-refractivity contribution in [2.45, 2.75) is 24.8 Å². The van der Waals surface area contributed by atoms with Crippen molar-refractivity contribution >= 4 is 27.3 Å². The van der Waals surface area contributed by atoms with Crippen LogP contribution in [-0.2, 0) is 22.8 Å². The normalized spacial score (nSPS) is 11.5. The summed E-state index contributed by atoms with van der Waals surface area (Å²) >= 11 is 0. The molecule has 0 saturated carbocycles. The number of nitrogen functional groups attached to an aromatic ring is 2. The first kappa shape index (κ1) is 21.4. The van der Waals surface area contributed by atoms with Gasteiger partial charge in [-0.3, -0.25) is 0 Å². The van der Waals surface area contributed by atoms with Crippen LogP contribution in [0.2, 0.25) is 0 Å². The van der Waals surface area contributed by atoms with Gasteiger partial charge in [0.05, 0.1) is 5.69 Å². The van der Waals surface area contributed by atoms with E-state index in [1.807, 2.05) is 19.1 Å². The summed E-state index contributed by atoms with van der Waals surface area (Å²) in [5.41, 5.74) is 14.9. The molecular formula is C20H21F2N5O2S. The van der Waals surface area contributed by atoms with Crippen molar-refractivity contribution in [1.29, 1.82) is 0 Å². The molecule has 0 bridgehead atoms. The van der Waals surface area contributed by atoms with E-state index in [0.29, 0.717) is 17.7 Å². The van der Waals surface area contributed by atoms with Crippen molar-refractivity contribution in [2.75, 3.05) is 23.0 Å². The highest BCUT2D eigenvalue weighted by atomic mass is 32.2. The van der Waals surface area contributed by atoms with Crippen molar-refractivity contribution in [1.82, 2.24) is 9.97 Å². The number of halogens is 2. The van der Waals surface area contributed by atoms with Crippen molar-refractivity contribution < 1.29 is 17.2 Å². The molecule has 0 spiro atoms. The van der Waals surface area contributed by atoms with Gasteiger partial charge in [-0.1, -0.05) is 19.1 Å². The van der Waals surface area contributed by atoms with E-state index >= 15 is 0 Å². The summed E-state index contributed by atoms with van der Waals surface area (Å²) in [5, 5.41) is 3.04. The average molecular weight is 433 g/mol. The highest BCUT2D eigenvalue weighted by Crippen LogP contribution is 2.30. The Morgan fingerprint density at radius 3 is 2.17 bits per heavy atom. The Kier molecular flexibility index (Phi) is 5.88. The second-order valence-electron chi connectivity index (χ2n) is 6.73. The number of aryl methyl sites for hydroxylation is 1. The summed E-state index contributed by atoms with van der Waals surface area (Å²) in [7, 11) is -3.99. The van der Waals surface area contributed by atoms with Crippen LogP contribution in [-0.4, -0.2) is 24.6 Å². The van der Waals surface area contributed by atoms with Crippen LogP contribution in [0.5, 0.6) is 0 Å². The lowest BCUT2D eigenvalue weighted by molar-refractivity contribution is 0.519. The van der Waals surface area contributed by atoms with Gasteiger partial charge in [0.2, 0.25) is 5.95 Å². The van der Waals surface area contributed by atoms with Gasteiger partial charge in [0, 0.05) is 24.1 Å². The second kappa shape index (κ2) is 8.23. The fourth-order valence-corrected chi connectivity index (χ4v) is 3.97. The number of nitrogens with one attached hydrogen (secondary N) is 1. The van der Waals surface area contributed by atoms with Crippen LogP contribution in [0.3, 0.4) is 0 Å². The largest absolute Gasteiger partial charge is 0.383 e. The number of hydrogen-bond acceptors (Lipinski definition) is 7. The molecule has 2 aromatic carbocycles. The molecule has 10 heteroatoms. The summed E-state index contributed by atoms with van der Waals surface area (Å²) < 4.78 is 51.0. The van der Waals surface area contributed by atoms with Crippen LogP contribution >= 0.6 is 0 Å². The predicted molar refractivity (Wildman–Crippen MR) is 112 cm³/mol. The molecule has 0 saturated heterocycles. The fraction of sp³-hybridized carbons (Fsp3) is 0.200. The van der Waals surface area contributed by atoms with E-state index in [2.05, 4.69) is 15.3 Å². The topological polar surface area (TPSA) is 124 Å². The first-order valence-corrected chi connectivity index (χ1v) is 10.9. The fourth-order valence-electron chi connectivity index (χ4n) is 3.14. The van der Waals surface area contributed by atoms with E-state index in [1.54, 1.807) is 12.1 Å². The molecule has 1 heterocycles. The molecular weight excluding hydrogens is 412 g/mol. The molecule has 0 amide bonds. The summed E-state index contributed by atoms with van der Waals surface area (Å²) in [6, 6.07) is 9.20. The number of anilines is 3. The third-order valence-electron chi connectivity index (χ3n) is 4.46. The molecule has 158 valence electrons. The molecule has 3 aromatic rings. The van der Waals surface area contributed by atoms with Crippen molar-refractivity contribution in [3.63, 3.8) is 0 Å². The summed E-state index contributed by atoms with van der Waals surface area (Å²) in [5.74, 6) is -1.82. The Bertz CT molecular complexity index is 1180. The zero-order valence-corrected chi connectivity index (χ0v) is 17.2. The molecule has 5 N–H and O–H groups in total. The maximum absolute atomic E-state index is 14.0. The Morgan fingerprint density at radius 2 is 1.63 bits per heavy atom. The summed E-state index contributed by atoms with van der Waals surface area (Å²) in [4.78, 5) is 7.31. The molecule has 0 aliphatic rings. The van der Waals surface area contributed by atoms with Crippen LogP contribution < -0.4 is 16.8 Å². The molecule has 30 heavy (non-hydrogen) atoms. The lowest BCUT2D eigenvalue weighted by atomic mass is 10.0. The van der Waals surface area contributed by atoms with Crippen molar-refractivity contribution in [3.05, 3.63) is 59.3 Å². The van der Waals surface area contributed by atoms with Crippen LogP contribution in [0.15, 0.2) is 41.3 Å². The number of rotatable bonds is 6. The molecule has 0 fully saturated rings. The lowest BCUT2D eigenvalue weighted by Gasteiger charge is -2.12. The monoisotopic (exact) mass is 433 g/mol. The Hall–Kier alpha value is -3.27. The Morgan fingerprint density at radius 1 is 1.03 bits per heavy atom. The van der Waals surface area contributed by atoms with E-state index < -0.39 is 26.4 Å². The predicted octanol–water partition coefficient (Wildman–Crippen LogP) is 3.16. The molecule has 0 aliphatic carbocycles. The van der Waals surface area contributed by atoms with Gasteiger partial charge in [-0.2, -0.15) is 4.98 Å². The minimum atomic E-state index is -3.99. The number of aromatic nitrogens is 2. The maximum atomic E-state index is 14.0. The van der Waals surface area contributed by atoms with Gasteiger partial charge >= 0.3 is 0 Å². The maximum Gasteiger partial charge on any atom is 0.222 e. The molecule has 3 rings (SSSR count). The van der Waals surface area contributed by atoms with Crippen LogP contribution in [0.1, 0.15) is 18.2 Å². The standard InChI is InChI=1S/C20H21F2N5O2S/c1-3-16-17(19(23)27-20(24)26-16)12-4-6-13(7-5-12)25-10-11-8-14(21)18(15(22)9-11)30(2,28)29/h4-9,25H,3,10H2,1-2H3,(H4,23,24,26,27). The number of benzene rings is 2. The number of nitrogens with two attached hydrogens (primary N) is 2. The average Bonchev–Trinajstić information content (AvgIpc) is 2.64. The number of hydrogen-bond donors (Lipinski definition) is 3. The quantitative estimate of drug-likeness (QED) is 0.545. The van der Waals surface area contributed by atoms with E-state index in [4.69, 9.17) is 11.5 Å². The van der Waals surface area contributed by atoms with E-state index in [-0.39, 0.29) is 23.9 Å². The first-order valence-electron chi connectivity index (χ1n) is 9.04. The highest BCUT2D eigenvalue weighted by Gasteiger charge is 2.20. The van der Waals surface area contributed by atoms with Gasteiger partial charge < -0.3 is 16.8 Å². The number of sulfone groups is 1. The first-order chi connectivity index (χ1) is 14.1.